The summed E-state index contributed by atoms with van der Waals surface area (Å²) in [5.41, 5.74) is 7.45. The zero-order valence-corrected chi connectivity index (χ0v) is 11.4. The molecular weight excluding hydrogens is 240 g/mol. The molecule has 19 heavy (non-hydrogen) atoms. The topological polar surface area (TPSA) is 64.3 Å². The summed E-state index contributed by atoms with van der Waals surface area (Å²) in [4.78, 5) is 11.9. The lowest BCUT2D eigenvalue weighted by Gasteiger charge is -2.15. The van der Waals surface area contributed by atoms with Crippen LogP contribution in [0.5, 0.6) is 0 Å². The lowest BCUT2D eigenvalue weighted by molar-refractivity contribution is -0.122. The van der Waals surface area contributed by atoms with Crippen LogP contribution < -0.4 is 11.1 Å². The molecule has 1 aliphatic rings. The molecule has 1 saturated heterocycles. The summed E-state index contributed by atoms with van der Waals surface area (Å²) in [7, 11) is 0. The number of hydrogen-bond donors (Lipinski definition) is 2. The third-order valence-corrected chi connectivity index (χ3v) is 3.53. The highest BCUT2D eigenvalue weighted by Gasteiger charge is 2.17. The van der Waals surface area contributed by atoms with Crippen molar-refractivity contribution in [2.45, 2.75) is 44.8 Å². The van der Waals surface area contributed by atoms with Crippen molar-refractivity contribution in [2.24, 2.45) is 0 Å². The van der Waals surface area contributed by atoms with E-state index in [4.69, 9.17) is 10.5 Å². The van der Waals surface area contributed by atoms with E-state index in [1.165, 1.54) is 0 Å². The largest absolute Gasteiger partial charge is 0.399 e. The molecule has 2 rings (SSSR count). The molecule has 3 N–H and O–H groups in total. The summed E-state index contributed by atoms with van der Waals surface area (Å²) >= 11 is 0. The van der Waals surface area contributed by atoms with Gasteiger partial charge in [0.25, 0.3) is 0 Å². The van der Waals surface area contributed by atoms with E-state index in [1.54, 1.807) is 0 Å². The summed E-state index contributed by atoms with van der Waals surface area (Å²) in [5, 5.41) is 3.00. The predicted octanol–water partition coefficient (Wildman–Crippen LogP) is 2.41. The van der Waals surface area contributed by atoms with Crippen molar-refractivity contribution in [1.29, 1.82) is 0 Å². The van der Waals surface area contributed by atoms with Crippen molar-refractivity contribution in [3.8, 4) is 0 Å². The number of carbonyl (C=O) groups excluding carboxylic acids is 1. The third-order valence-electron chi connectivity index (χ3n) is 3.53. The van der Waals surface area contributed by atoms with Crippen LogP contribution in [-0.4, -0.2) is 18.6 Å². The van der Waals surface area contributed by atoms with Crippen molar-refractivity contribution in [1.82, 2.24) is 5.32 Å². The van der Waals surface area contributed by atoms with Crippen molar-refractivity contribution >= 4 is 11.6 Å². The van der Waals surface area contributed by atoms with Crippen LogP contribution in [0.15, 0.2) is 24.3 Å². The van der Waals surface area contributed by atoms with Gasteiger partial charge in [0, 0.05) is 18.7 Å². The highest BCUT2D eigenvalue weighted by molar-refractivity contribution is 5.76. The minimum Gasteiger partial charge on any atom is -0.399 e. The van der Waals surface area contributed by atoms with Crippen LogP contribution in [0.4, 0.5) is 5.69 Å². The normalized spacial score (nSPS) is 20.2. The first kappa shape index (κ1) is 13.9. The van der Waals surface area contributed by atoms with Crippen molar-refractivity contribution in [2.75, 3.05) is 12.3 Å². The monoisotopic (exact) mass is 262 g/mol. The van der Waals surface area contributed by atoms with E-state index in [-0.39, 0.29) is 18.1 Å². The van der Waals surface area contributed by atoms with E-state index < -0.39 is 0 Å². The zero-order chi connectivity index (χ0) is 13.7. The van der Waals surface area contributed by atoms with Crippen LogP contribution in [0.1, 0.15) is 44.2 Å². The second kappa shape index (κ2) is 6.57. The molecule has 0 radical (unpaired) electrons. The number of nitrogen functional groups attached to an aromatic ring is 1. The Labute approximate surface area is 114 Å². The molecule has 0 aliphatic carbocycles. The summed E-state index contributed by atoms with van der Waals surface area (Å²) in [6.45, 7) is 2.82. The van der Waals surface area contributed by atoms with E-state index in [0.717, 1.165) is 37.1 Å². The number of nitrogens with one attached hydrogen (secondary N) is 1. The van der Waals surface area contributed by atoms with Crippen molar-refractivity contribution < 1.29 is 9.53 Å². The average molecular weight is 262 g/mol. The maximum atomic E-state index is 11.9. The lowest BCUT2D eigenvalue weighted by Crippen LogP contribution is -2.27. The minimum absolute atomic E-state index is 0.0117. The van der Waals surface area contributed by atoms with Gasteiger partial charge in [-0.3, -0.25) is 4.79 Å². The molecule has 0 saturated carbocycles. The van der Waals surface area contributed by atoms with Gasteiger partial charge in [0.05, 0.1) is 12.1 Å². The SMILES string of the molecule is CC(NC(=O)CCC1CCCO1)c1ccc(N)cc1. The quantitative estimate of drug-likeness (QED) is 0.801. The molecule has 1 aromatic rings. The Hall–Kier alpha value is -1.55. The molecule has 0 aromatic heterocycles. The molecule has 104 valence electrons. The first-order valence-electron chi connectivity index (χ1n) is 6.91. The van der Waals surface area contributed by atoms with Crippen LogP contribution in [-0.2, 0) is 9.53 Å². The Balaban J connectivity index is 1.76. The van der Waals surface area contributed by atoms with Gasteiger partial charge in [-0.2, -0.15) is 0 Å². The molecular formula is C15H22N2O2. The Morgan fingerprint density at radius 3 is 2.84 bits per heavy atom. The van der Waals surface area contributed by atoms with Gasteiger partial charge in [-0.1, -0.05) is 12.1 Å². The van der Waals surface area contributed by atoms with Crippen LogP contribution in [0.2, 0.25) is 0 Å². The summed E-state index contributed by atoms with van der Waals surface area (Å²) < 4.78 is 5.51. The summed E-state index contributed by atoms with van der Waals surface area (Å²) in [6.07, 6.45) is 3.83. The number of ether oxygens (including phenoxy) is 1. The number of carbonyl (C=O) groups is 1. The fraction of sp³-hybridized carbons (Fsp3) is 0.533. The lowest BCUT2D eigenvalue weighted by atomic mass is 10.1. The number of nitrogens with two attached hydrogens (primary N) is 1. The molecule has 2 unspecified atom stereocenters. The fourth-order valence-corrected chi connectivity index (χ4v) is 2.35. The zero-order valence-electron chi connectivity index (χ0n) is 11.4. The Morgan fingerprint density at radius 1 is 1.47 bits per heavy atom. The van der Waals surface area contributed by atoms with Crippen LogP contribution >= 0.6 is 0 Å². The van der Waals surface area contributed by atoms with E-state index in [0.29, 0.717) is 6.42 Å². The van der Waals surface area contributed by atoms with Gasteiger partial charge in [-0.05, 0) is 43.9 Å². The molecule has 1 fully saturated rings. The third kappa shape index (κ3) is 4.24. The molecule has 1 heterocycles. The average Bonchev–Trinajstić information content (AvgIpc) is 2.90. The van der Waals surface area contributed by atoms with Gasteiger partial charge < -0.3 is 15.8 Å². The van der Waals surface area contributed by atoms with E-state index in [9.17, 15) is 4.79 Å². The van der Waals surface area contributed by atoms with Gasteiger partial charge in [-0.15, -0.1) is 0 Å². The molecule has 1 aromatic carbocycles. The van der Waals surface area contributed by atoms with Crippen LogP contribution in [0, 0.1) is 0 Å². The molecule has 0 spiro atoms. The summed E-state index contributed by atoms with van der Waals surface area (Å²) in [6, 6.07) is 7.60. The number of hydrogen-bond acceptors (Lipinski definition) is 3. The van der Waals surface area contributed by atoms with Crippen LogP contribution in [0.25, 0.3) is 0 Å². The minimum atomic E-state index is 0.0117. The number of anilines is 1. The summed E-state index contributed by atoms with van der Waals surface area (Å²) in [5.74, 6) is 0.0832. The highest BCUT2D eigenvalue weighted by atomic mass is 16.5. The fourth-order valence-electron chi connectivity index (χ4n) is 2.35. The van der Waals surface area contributed by atoms with Crippen molar-refractivity contribution in [3.05, 3.63) is 29.8 Å². The Bertz CT molecular complexity index is 411. The Morgan fingerprint density at radius 2 is 2.21 bits per heavy atom. The first-order valence-corrected chi connectivity index (χ1v) is 6.91. The smallest absolute Gasteiger partial charge is 0.220 e. The number of benzene rings is 1. The molecule has 1 aliphatic heterocycles. The first-order chi connectivity index (χ1) is 9.15. The maximum Gasteiger partial charge on any atom is 0.220 e. The molecule has 4 heteroatoms. The predicted molar refractivity (Wildman–Crippen MR) is 75.6 cm³/mol. The van der Waals surface area contributed by atoms with Gasteiger partial charge in [0.1, 0.15) is 0 Å². The van der Waals surface area contributed by atoms with Gasteiger partial charge in [0.2, 0.25) is 5.91 Å². The highest BCUT2D eigenvalue weighted by Crippen LogP contribution is 2.18. The molecule has 2 atom stereocenters. The van der Waals surface area contributed by atoms with Crippen LogP contribution in [0.3, 0.4) is 0 Å². The second-order valence-corrected chi connectivity index (χ2v) is 5.13. The van der Waals surface area contributed by atoms with E-state index in [1.807, 2.05) is 31.2 Å². The molecule has 0 bridgehead atoms. The van der Waals surface area contributed by atoms with Crippen molar-refractivity contribution in [3.63, 3.8) is 0 Å². The van der Waals surface area contributed by atoms with Gasteiger partial charge in [-0.25, -0.2) is 0 Å². The number of rotatable bonds is 5. The maximum absolute atomic E-state index is 11.9. The van der Waals surface area contributed by atoms with E-state index in [2.05, 4.69) is 5.32 Å². The number of amides is 1. The Kier molecular flexibility index (Phi) is 4.80. The van der Waals surface area contributed by atoms with E-state index >= 15 is 0 Å². The molecule has 4 nitrogen and oxygen atoms in total. The van der Waals surface area contributed by atoms with Gasteiger partial charge in [0.15, 0.2) is 0 Å². The molecule has 1 amide bonds. The standard InChI is InChI=1S/C15H22N2O2/c1-11(12-4-6-13(16)7-5-12)17-15(18)9-8-14-3-2-10-19-14/h4-7,11,14H,2-3,8-10,16H2,1H3,(H,17,18). The van der Waals surface area contributed by atoms with Gasteiger partial charge >= 0.3 is 0 Å². The second-order valence-electron chi connectivity index (χ2n) is 5.13.